The molecule has 186 valence electrons. The van der Waals surface area contributed by atoms with Crippen LogP contribution in [-0.2, 0) is 24.1 Å². The van der Waals surface area contributed by atoms with Crippen molar-refractivity contribution in [2.75, 3.05) is 39.9 Å². The molecule has 1 aromatic heterocycles. The van der Waals surface area contributed by atoms with Gasteiger partial charge in [-0.05, 0) is 94.5 Å². The third-order valence-corrected chi connectivity index (χ3v) is 8.53. The molecule has 0 amide bonds. The Morgan fingerprint density at radius 2 is 1.91 bits per heavy atom. The van der Waals surface area contributed by atoms with Gasteiger partial charge < -0.3 is 19.2 Å². The molecule has 2 atom stereocenters. The highest BCUT2D eigenvalue weighted by Crippen LogP contribution is 2.38. The molecule has 5 rings (SSSR count). The van der Waals surface area contributed by atoms with Crippen LogP contribution in [0.2, 0.25) is 0 Å². The minimum atomic E-state index is -0.232. The number of phenols is 1. The van der Waals surface area contributed by atoms with E-state index in [2.05, 4.69) is 9.80 Å². The van der Waals surface area contributed by atoms with Gasteiger partial charge in [-0.3, -0.25) is 4.90 Å². The van der Waals surface area contributed by atoms with E-state index in [1.807, 2.05) is 13.0 Å². The summed E-state index contributed by atoms with van der Waals surface area (Å²) in [5.74, 6) is 0.974. The first-order valence-corrected chi connectivity index (χ1v) is 13.3. The fourth-order valence-electron chi connectivity index (χ4n) is 6.75. The molecule has 2 aliphatic heterocycles. The predicted molar refractivity (Wildman–Crippen MR) is 135 cm³/mol. The molecule has 3 aliphatic rings. The summed E-state index contributed by atoms with van der Waals surface area (Å²) >= 11 is 0. The van der Waals surface area contributed by atoms with Gasteiger partial charge in [-0.25, -0.2) is 4.79 Å². The molecule has 0 saturated carbocycles. The van der Waals surface area contributed by atoms with Gasteiger partial charge in [0.2, 0.25) is 0 Å². The fourth-order valence-corrected chi connectivity index (χ4v) is 6.75. The van der Waals surface area contributed by atoms with Crippen molar-refractivity contribution in [2.45, 2.75) is 77.3 Å². The highest BCUT2D eigenvalue weighted by molar-refractivity contribution is 5.89. The van der Waals surface area contributed by atoms with Gasteiger partial charge in [0, 0.05) is 43.9 Å². The molecule has 0 bridgehead atoms. The normalized spacial score (nSPS) is 23.3. The molecule has 0 radical (unpaired) electrons. The Balaban J connectivity index is 1.46. The van der Waals surface area contributed by atoms with Crippen molar-refractivity contribution in [3.05, 3.63) is 38.7 Å². The zero-order valence-electron chi connectivity index (χ0n) is 20.9. The first-order chi connectivity index (χ1) is 16.6. The Labute approximate surface area is 202 Å². The van der Waals surface area contributed by atoms with Crippen LogP contribution in [-0.4, -0.2) is 60.8 Å². The van der Waals surface area contributed by atoms with Crippen molar-refractivity contribution >= 4 is 11.0 Å². The predicted octanol–water partition coefficient (Wildman–Crippen LogP) is 4.40. The van der Waals surface area contributed by atoms with Crippen LogP contribution < -0.4 is 5.63 Å². The molecule has 2 aromatic rings. The van der Waals surface area contributed by atoms with E-state index in [-0.39, 0.29) is 5.63 Å². The van der Waals surface area contributed by atoms with Gasteiger partial charge in [-0.1, -0.05) is 6.42 Å². The number of rotatable bonds is 7. The van der Waals surface area contributed by atoms with E-state index in [0.29, 0.717) is 36.4 Å². The summed E-state index contributed by atoms with van der Waals surface area (Å²) in [6.07, 6.45) is 10.2. The van der Waals surface area contributed by atoms with Crippen LogP contribution in [0.1, 0.15) is 67.2 Å². The van der Waals surface area contributed by atoms with E-state index in [0.717, 1.165) is 66.4 Å². The third-order valence-electron chi connectivity index (χ3n) is 8.53. The number of nitrogens with zero attached hydrogens (tertiary/aromatic N) is 2. The van der Waals surface area contributed by atoms with Crippen LogP contribution >= 0.6 is 0 Å². The number of piperidine rings is 2. The van der Waals surface area contributed by atoms with Gasteiger partial charge >= 0.3 is 5.63 Å². The van der Waals surface area contributed by atoms with E-state index in [1.165, 1.54) is 45.2 Å². The molecule has 1 N–H and O–H groups in total. The lowest BCUT2D eigenvalue weighted by Gasteiger charge is -2.45. The number of hydrogen-bond donors (Lipinski definition) is 1. The summed E-state index contributed by atoms with van der Waals surface area (Å²) in [6.45, 7) is 7.76. The topological polar surface area (TPSA) is 66.1 Å². The smallest absolute Gasteiger partial charge is 0.339 e. The van der Waals surface area contributed by atoms with Gasteiger partial charge in [0.15, 0.2) is 0 Å². The molecular formula is C28H40N2O4. The second-order valence-electron chi connectivity index (χ2n) is 10.7. The second kappa shape index (κ2) is 10.4. The average Bonchev–Trinajstić information content (AvgIpc) is 2.85. The van der Waals surface area contributed by atoms with Crippen molar-refractivity contribution in [2.24, 2.45) is 5.92 Å². The van der Waals surface area contributed by atoms with Crippen molar-refractivity contribution in [3.63, 3.8) is 0 Å². The molecule has 1 aromatic carbocycles. The lowest BCUT2D eigenvalue weighted by atomic mass is 9.83. The zero-order valence-corrected chi connectivity index (χ0v) is 20.9. The molecule has 6 nitrogen and oxygen atoms in total. The number of ether oxygens (including phenoxy) is 1. The van der Waals surface area contributed by atoms with Gasteiger partial charge in [-0.15, -0.1) is 0 Å². The lowest BCUT2D eigenvalue weighted by molar-refractivity contribution is 0.0335. The zero-order chi connectivity index (χ0) is 23.7. The SMILES string of the molecule is COCCN(Cc1c(C)cc2oc(=O)c3c(c2c1O)CCCC3)C[C@@H]1CCCN2CCCC[C@H]12. The maximum Gasteiger partial charge on any atom is 0.339 e. The van der Waals surface area contributed by atoms with Crippen molar-refractivity contribution in [1.82, 2.24) is 9.80 Å². The maximum atomic E-state index is 12.5. The summed E-state index contributed by atoms with van der Waals surface area (Å²) < 4.78 is 11.1. The van der Waals surface area contributed by atoms with Crippen LogP contribution in [0.4, 0.5) is 0 Å². The summed E-state index contributed by atoms with van der Waals surface area (Å²) in [5.41, 5.74) is 4.00. The summed E-state index contributed by atoms with van der Waals surface area (Å²) in [6, 6.07) is 2.65. The Morgan fingerprint density at radius 3 is 2.74 bits per heavy atom. The Bertz CT molecular complexity index is 1080. The second-order valence-corrected chi connectivity index (χ2v) is 10.7. The molecule has 2 fully saturated rings. The lowest BCUT2D eigenvalue weighted by Crippen LogP contribution is -2.51. The number of phenolic OH excluding ortho intramolecular Hbond substituents is 1. The van der Waals surface area contributed by atoms with Crippen LogP contribution in [0.5, 0.6) is 5.75 Å². The Morgan fingerprint density at radius 1 is 1.12 bits per heavy atom. The first-order valence-electron chi connectivity index (χ1n) is 13.3. The van der Waals surface area contributed by atoms with Gasteiger partial charge in [-0.2, -0.15) is 0 Å². The maximum absolute atomic E-state index is 12.5. The number of benzene rings is 1. The summed E-state index contributed by atoms with van der Waals surface area (Å²) in [5, 5.41) is 12.3. The minimum absolute atomic E-state index is 0.232. The molecule has 3 heterocycles. The fraction of sp³-hybridized carbons (Fsp3) is 0.679. The largest absolute Gasteiger partial charge is 0.507 e. The molecular weight excluding hydrogens is 428 g/mol. The van der Waals surface area contributed by atoms with Crippen LogP contribution in [0.3, 0.4) is 0 Å². The van der Waals surface area contributed by atoms with Gasteiger partial charge in [0.1, 0.15) is 11.3 Å². The minimum Gasteiger partial charge on any atom is -0.507 e. The van der Waals surface area contributed by atoms with Crippen LogP contribution in [0.25, 0.3) is 11.0 Å². The molecule has 0 spiro atoms. The highest BCUT2D eigenvalue weighted by Gasteiger charge is 2.34. The van der Waals surface area contributed by atoms with Gasteiger partial charge in [0.05, 0.1) is 12.0 Å². The first kappa shape index (κ1) is 23.8. The molecule has 34 heavy (non-hydrogen) atoms. The van der Waals surface area contributed by atoms with E-state index in [4.69, 9.17) is 9.15 Å². The van der Waals surface area contributed by atoms with Crippen LogP contribution in [0, 0.1) is 12.8 Å². The van der Waals surface area contributed by atoms with Gasteiger partial charge in [0.25, 0.3) is 0 Å². The quantitative estimate of drug-likeness (QED) is 0.608. The van der Waals surface area contributed by atoms with Crippen molar-refractivity contribution < 1.29 is 14.3 Å². The monoisotopic (exact) mass is 468 g/mol. The number of aromatic hydroxyl groups is 1. The number of aryl methyl sites for hydroxylation is 2. The van der Waals surface area contributed by atoms with Crippen LogP contribution in [0.15, 0.2) is 15.3 Å². The van der Waals surface area contributed by atoms with Crippen molar-refractivity contribution in [3.8, 4) is 5.75 Å². The summed E-state index contributed by atoms with van der Waals surface area (Å²) in [4.78, 5) is 17.7. The van der Waals surface area contributed by atoms with E-state index in [1.54, 1.807) is 7.11 Å². The molecule has 2 saturated heterocycles. The number of hydrogen-bond acceptors (Lipinski definition) is 6. The average molecular weight is 469 g/mol. The summed E-state index contributed by atoms with van der Waals surface area (Å²) in [7, 11) is 1.76. The molecule has 6 heteroatoms. The number of fused-ring (bicyclic) bond motifs is 4. The molecule has 0 unspecified atom stereocenters. The Hall–Kier alpha value is -1.89. The highest BCUT2D eigenvalue weighted by atomic mass is 16.5. The Kier molecular flexibility index (Phi) is 7.28. The van der Waals surface area contributed by atoms with Crippen molar-refractivity contribution in [1.29, 1.82) is 0 Å². The van der Waals surface area contributed by atoms with E-state index < -0.39 is 0 Å². The molecule has 1 aliphatic carbocycles. The van der Waals surface area contributed by atoms with E-state index in [9.17, 15) is 9.90 Å². The number of methoxy groups -OCH3 is 1. The standard InChI is InChI=1S/C28H40N2O4/c1-19-16-25-26(21-9-3-4-10-22(21)28(32)34-25)27(31)23(19)18-29(14-15-33-2)17-20-8-7-13-30-12-6-5-11-24(20)30/h16,20,24,31H,3-15,17-18H2,1-2H3/t20-,24+/m0/s1. The van der Waals surface area contributed by atoms with E-state index >= 15 is 0 Å². The third kappa shape index (κ3) is 4.65.